The van der Waals surface area contributed by atoms with Gasteiger partial charge in [-0.05, 0) is 54.4 Å². The van der Waals surface area contributed by atoms with Crippen LogP contribution >= 0.6 is 0 Å². The number of rotatable bonds is 5. The van der Waals surface area contributed by atoms with E-state index in [1.54, 1.807) is 59.2 Å². The predicted molar refractivity (Wildman–Crippen MR) is 126 cm³/mol. The number of piperazine rings is 1. The van der Waals surface area contributed by atoms with E-state index in [9.17, 15) is 19.5 Å². The molecule has 1 aromatic heterocycles. The zero-order valence-electron chi connectivity index (χ0n) is 19.1. The van der Waals surface area contributed by atoms with E-state index in [2.05, 4.69) is 9.97 Å². The first-order valence-electron chi connectivity index (χ1n) is 11.0. The van der Waals surface area contributed by atoms with E-state index in [-0.39, 0.29) is 24.2 Å². The molecular formula is C25H26N4O5. The lowest BCUT2D eigenvalue weighted by Crippen LogP contribution is -2.51. The second-order valence-electron chi connectivity index (χ2n) is 8.19. The maximum Gasteiger partial charge on any atom is 0.345 e. The number of aromatic hydroxyl groups is 1. The smallest absolute Gasteiger partial charge is 0.345 e. The third-order valence-electron chi connectivity index (χ3n) is 5.82. The highest BCUT2D eigenvalue weighted by Crippen LogP contribution is 2.27. The van der Waals surface area contributed by atoms with Crippen molar-refractivity contribution in [2.75, 3.05) is 32.8 Å². The van der Waals surface area contributed by atoms with E-state index in [4.69, 9.17) is 4.74 Å². The van der Waals surface area contributed by atoms with Gasteiger partial charge in [-0.2, -0.15) is 4.98 Å². The van der Waals surface area contributed by atoms with E-state index < -0.39 is 5.69 Å². The predicted octanol–water partition coefficient (Wildman–Crippen LogP) is 2.19. The average Bonchev–Trinajstić information content (AvgIpc) is 2.84. The Kier molecular flexibility index (Phi) is 6.62. The third-order valence-corrected chi connectivity index (χ3v) is 5.82. The van der Waals surface area contributed by atoms with Gasteiger partial charge in [0.2, 0.25) is 5.91 Å². The largest absolute Gasteiger partial charge is 0.508 e. The number of H-pyrrole nitrogens is 1. The molecule has 1 saturated heterocycles. The fraction of sp³-hybridized carbons (Fsp3) is 0.280. The quantitative estimate of drug-likeness (QED) is 0.601. The highest BCUT2D eigenvalue weighted by molar-refractivity contribution is 5.79. The summed E-state index contributed by atoms with van der Waals surface area (Å²) in [6, 6.07) is 13.9. The number of carbonyl (C=O) groups excluding carboxylic acids is 2. The lowest BCUT2D eigenvalue weighted by molar-refractivity contribution is -0.139. The summed E-state index contributed by atoms with van der Waals surface area (Å²) < 4.78 is 5.72. The molecule has 0 aliphatic carbocycles. The minimum Gasteiger partial charge on any atom is -0.508 e. The van der Waals surface area contributed by atoms with Crippen LogP contribution in [0, 0.1) is 6.92 Å². The lowest BCUT2D eigenvalue weighted by atomic mass is 10.1. The van der Waals surface area contributed by atoms with E-state index in [0.29, 0.717) is 54.4 Å². The van der Waals surface area contributed by atoms with Gasteiger partial charge in [0, 0.05) is 38.7 Å². The van der Waals surface area contributed by atoms with Crippen molar-refractivity contribution in [2.24, 2.45) is 0 Å². The monoisotopic (exact) mass is 462 g/mol. The Balaban J connectivity index is 1.47. The Morgan fingerprint density at radius 1 is 1.03 bits per heavy atom. The Bertz CT molecular complexity index is 1280. The van der Waals surface area contributed by atoms with Crippen molar-refractivity contribution in [2.45, 2.75) is 13.8 Å². The van der Waals surface area contributed by atoms with Crippen molar-refractivity contribution in [1.29, 1.82) is 0 Å². The number of amides is 2. The topological polar surface area (TPSA) is 116 Å². The van der Waals surface area contributed by atoms with Crippen LogP contribution < -0.4 is 10.4 Å². The molecule has 9 nitrogen and oxygen atoms in total. The second-order valence-corrected chi connectivity index (χ2v) is 8.19. The summed E-state index contributed by atoms with van der Waals surface area (Å²) in [4.78, 5) is 46.4. The molecule has 2 heterocycles. The molecule has 2 aromatic carbocycles. The van der Waals surface area contributed by atoms with Gasteiger partial charge in [0.05, 0.1) is 11.4 Å². The van der Waals surface area contributed by atoms with Crippen LogP contribution in [0.2, 0.25) is 0 Å². The fourth-order valence-corrected chi connectivity index (χ4v) is 3.84. The van der Waals surface area contributed by atoms with Crippen molar-refractivity contribution in [3.63, 3.8) is 0 Å². The molecule has 3 aromatic rings. The number of hydrogen-bond acceptors (Lipinski definition) is 6. The van der Waals surface area contributed by atoms with Crippen LogP contribution in [0.4, 0.5) is 0 Å². The van der Waals surface area contributed by atoms with Crippen LogP contribution in [-0.2, 0) is 9.59 Å². The molecule has 1 fully saturated rings. The first-order valence-corrected chi connectivity index (χ1v) is 11.0. The van der Waals surface area contributed by atoms with Crippen molar-refractivity contribution >= 4 is 11.8 Å². The summed E-state index contributed by atoms with van der Waals surface area (Å²) in [6.45, 7) is 5.20. The van der Waals surface area contributed by atoms with Crippen molar-refractivity contribution in [3.8, 4) is 34.0 Å². The minimum atomic E-state index is -0.496. The molecule has 0 spiro atoms. The van der Waals surface area contributed by atoms with Crippen molar-refractivity contribution < 1.29 is 19.4 Å². The zero-order valence-corrected chi connectivity index (χ0v) is 19.1. The van der Waals surface area contributed by atoms with Gasteiger partial charge in [-0.1, -0.05) is 12.1 Å². The van der Waals surface area contributed by atoms with Gasteiger partial charge < -0.3 is 24.6 Å². The molecule has 1 aliphatic rings. The first-order chi connectivity index (χ1) is 16.3. The number of hydrogen-bond donors (Lipinski definition) is 2. The maximum absolute atomic E-state index is 12.5. The number of phenols is 1. The summed E-state index contributed by atoms with van der Waals surface area (Å²) in [6.07, 6.45) is 0. The summed E-state index contributed by atoms with van der Waals surface area (Å²) in [5.74, 6) is 0.530. The van der Waals surface area contributed by atoms with Gasteiger partial charge in [-0.3, -0.25) is 9.59 Å². The molecule has 0 atom stereocenters. The van der Waals surface area contributed by atoms with Gasteiger partial charge >= 0.3 is 5.69 Å². The lowest BCUT2D eigenvalue weighted by Gasteiger charge is -2.34. The number of nitrogens with one attached hydrogen (secondary N) is 1. The molecule has 2 amide bonds. The molecule has 0 radical (unpaired) electrons. The van der Waals surface area contributed by atoms with Crippen LogP contribution in [0.1, 0.15) is 12.5 Å². The SMILES string of the molecule is CC(=O)N1CCN(C(=O)COc2cccc(-c3cc(-c4ccc(O)c(C)c4)[nH]c(=O)n3)c2)CC1. The number of aromatic nitrogens is 2. The maximum atomic E-state index is 12.5. The van der Waals surface area contributed by atoms with Crippen LogP contribution in [0.15, 0.2) is 53.3 Å². The van der Waals surface area contributed by atoms with Gasteiger partial charge in [-0.25, -0.2) is 4.79 Å². The highest BCUT2D eigenvalue weighted by atomic mass is 16.5. The molecule has 0 unspecified atom stereocenters. The van der Waals surface area contributed by atoms with Crippen molar-refractivity contribution in [1.82, 2.24) is 19.8 Å². The van der Waals surface area contributed by atoms with Crippen LogP contribution in [-0.4, -0.2) is 69.5 Å². The molecule has 0 saturated carbocycles. The summed E-state index contributed by atoms with van der Waals surface area (Å²) in [5.41, 5.74) is 2.65. The zero-order chi connectivity index (χ0) is 24.2. The molecular weight excluding hydrogens is 436 g/mol. The number of aromatic amines is 1. The average molecular weight is 463 g/mol. The number of nitrogens with zero attached hydrogens (tertiary/aromatic N) is 3. The molecule has 34 heavy (non-hydrogen) atoms. The normalized spacial score (nSPS) is 13.6. The van der Waals surface area contributed by atoms with Gasteiger partial charge in [0.1, 0.15) is 11.5 Å². The molecule has 9 heteroatoms. The first kappa shape index (κ1) is 23.0. The Labute approximate surface area is 196 Å². The van der Waals surface area contributed by atoms with Gasteiger partial charge in [0.25, 0.3) is 5.91 Å². The van der Waals surface area contributed by atoms with Gasteiger partial charge in [-0.15, -0.1) is 0 Å². The second kappa shape index (κ2) is 9.78. The highest BCUT2D eigenvalue weighted by Gasteiger charge is 2.22. The molecule has 2 N–H and O–H groups in total. The summed E-state index contributed by atoms with van der Waals surface area (Å²) in [5, 5.41) is 9.77. The standard InChI is InChI=1S/C25H26N4O5/c1-16-12-19(6-7-23(16)31)22-14-21(26-25(33)27-22)18-4-3-5-20(13-18)34-15-24(32)29-10-8-28(9-11-29)17(2)30/h3-7,12-14,31H,8-11,15H2,1-2H3,(H,26,27,33). The Hall–Kier alpha value is -4.14. The number of benzene rings is 2. The van der Waals surface area contributed by atoms with E-state index in [0.717, 1.165) is 5.56 Å². The van der Waals surface area contributed by atoms with Crippen LogP contribution in [0.3, 0.4) is 0 Å². The Morgan fingerprint density at radius 2 is 1.76 bits per heavy atom. The summed E-state index contributed by atoms with van der Waals surface area (Å²) in [7, 11) is 0. The number of ether oxygens (including phenoxy) is 1. The van der Waals surface area contributed by atoms with E-state index in [1.807, 2.05) is 6.07 Å². The van der Waals surface area contributed by atoms with E-state index >= 15 is 0 Å². The van der Waals surface area contributed by atoms with Crippen LogP contribution in [0.25, 0.3) is 22.5 Å². The fourth-order valence-electron chi connectivity index (χ4n) is 3.84. The van der Waals surface area contributed by atoms with E-state index in [1.165, 1.54) is 6.92 Å². The number of aryl methyl sites for hydroxylation is 1. The molecule has 1 aliphatic heterocycles. The summed E-state index contributed by atoms with van der Waals surface area (Å²) >= 11 is 0. The molecule has 176 valence electrons. The molecule has 0 bridgehead atoms. The van der Waals surface area contributed by atoms with Gasteiger partial charge in [0.15, 0.2) is 6.61 Å². The van der Waals surface area contributed by atoms with Crippen LogP contribution in [0.5, 0.6) is 11.5 Å². The number of carbonyl (C=O) groups is 2. The van der Waals surface area contributed by atoms with Crippen molar-refractivity contribution in [3.05, 3.63) is 64.6 Å². The molecule has 4 rings (SSSR count). The minimum absolute atomic E-state index is 0.0113. The Morgan fingerprint density at radius 3 is 2.47 bits per heavy atom. The third kappa shape index (κ3) is 5.25. The number of phenolic OH excluding ortho intramolecular Hbond substituents is 1.